The van der Waals surface area contributed by atoms with Crippen LogP contribution in [-0.4, -0.2) is 97.5 Å². The van der Waals surface area contributed by atoms with Crippen LogP contribution >= 0.6 is 11.8 Å². The molecule has 0 spiro atoms. The molecule has 1 aliphatic rings. The Morgan fingerprint density at radius 3 is 2.60 bits per heavy atom. The normalized spacial score (nSPS) is 14.0. The summed E-state index contributed by atoms with van der Waals surface area (Å²) in [6.45, 7) is 1.96. The van der Waals surface area contributed by atoms with E-state index in [-0.39, 0.29) is 53.3 Å². The molecule has 1 aromatic carbocycles. The molecular weight excluding hydrogens is 640 g/mol. The van der Waals surface area contributed by atoms with E-state index in [9.17, 15) is 27.2 Å². The number of thioether (sulfide) groups is 1. The SMILES string of the molecule is CC.CSc1ccc(OC(F)F)c(-c2nn(CC(=O)N3CCC(N(C)CC(C)(F)F)CC3)cc2NC(=O)c2cnn3cccnc23)c1. The van der Waals surface area contributed by atoms with Crippen molar-refractivity contribution in [3.05, 3.63) is 54.6 Å². The van der Waals surface area contributed by atoms with Gasteiger partial charge in [-0.25, -0.2) is 18.3 Å². The third kappa shape index (κ3) is 9.00. The number of aromatic nitrogens is 5. The van der Waals surface area contributed by atoms with Crippen LogP contribution in [0.25, 0.3) is 16.9 Å². The molecule has 0 unspecified atom stereocenters. The molecule has 1 fully saturated rings. The number of halogens is 4. The van der Waals surface area contributed by atoms with Crippen molar-refractivity contribution in [2.75, 3.05) is 38.3 Å². The second-order valence-corrected chi connectivity index (χ2v) is 11.7. The summed E-state index contributed by atoms with van der Waals surface area (Å²) in [6, 6.07) is 6.22. The van der Waals surface area contributed by atoms with Crippen LogP contribution in [0.4, 0.5) is 23.2 Å². The zero-order valence-corrected chi connectivity index (χ0v) is 27.6. The average molecular weight is 679 g/mol. The zero-order valence-electron chi connectivity index (χ0n) is 26.8. The summed E-state index contributed by atoms with van der Waals surface area (Å²) in [7, 11) is 1.65. The number of amides is 2. The Bertz CT molecular complexity index is 1670. The van der Waals surface area contributed by atoms with Crippen molar-refractivity contribution in [3.8, 4) is 17.0 Å². The maximum Gasteiger partial charge on any atom is 0.387 e. The Balaban J connectivity index is 0.00000245. The number of nitrogens with zero attached hydrogens (tertiary/aromatic N) is 7. The molecule has 1 saturated heterocycles. The lowest BCUT2D eigenvalue weighted by Gasteiger charge is -2.37. The van der Waals surface area contributed by atoms with Crippen molar-refractivity contribution in [1.29, 1.82) is 0 Å². The first-order valence-corrected chi connectivity index (χ1v) is 16.3. The van der Waals surface area contributed by atoms with Crippen LogP contribution in [0.3, 0.4) is 0 Å². The molecule has 4 heterocycles. The molecule has 1 aliphatic heterocycles. The highest BCUT2D eigenvalue weighted by Crippen LogP contribution is 2.38. The predicted molar refractivity (Wildman–Crippen MR) is 171 cm³/mol. The number of hydrogen-bond donors (Lipinski definition) is 1. The van der Waals surface area contributed by atoms with E-state index >= 15 is 0 Å². The number of hydrogen-bond acceptors (Lipinski definition) is 8. The van der Waals surface area contributed by atoms with E-state index in [0.29, 0.717) is 31.6 Å². The molecule has 11 nitrogen and oxygen atoms in total. The Morgan fingerprint density at radius 2 is 1.94 bits per heavy atom. The molecule has 0 bridgehead atoms. The van der Waals surface area contributed by atoms with Gasteiger partial charge in [-0.2, -0.15) is 19.0 Å². The highest BCUT2D eigenvalue weighted by Gasteiger charge is 2.31. The Kier molecular flexibility index (Phi) is 11.8. The second-order valence-electron chi connectivity index (χ2n) is 10.8. The first kappa shape index (κ1) is 35.7. The maximum atomic E-state index is 13.5. The number of likely N-dealkylation sites (tertiary alicyclic amines) is 1. The standard InChI is InChI=1S/C29H32F4N8O3S.C2H6/c1-29(32,33)17-38(2)18-7-11-39(12-8-18)24(42)16-40-15-22(36-27(43)21-14-35-41-10-4-9-34-26(21)41)25(37-40)20-13-19(45-3)5-6-23(20)44-28(30)31;1-2/h4-6,9-10,13-15,18,28H,7-8,11-12,16-17H2,1-3H3,(H,36,43);1-2H3. The van der Waals surface area contributed by atoms with E-state index in [0.717, 1.165) is 11.8 Å². The van der Waals surface area contributed by atoms with Gasteiger partial charge in [0, 0.05) is 55.1 Å². The summed E-state index contributed by atoms with van der Waals surface area (Å²) in [6.07, 6.45) is 8.85. The van der Waals surface area contributed by atoms with E-state index < -0.39 is 18.4 Å². The quantitative estimate of drug-likeness (QED) is 0.157. The van der Waals surface area contributed by atoms with Gasteiger partial charge < -0.3 is 15.0 Å². The third-order valence-corrected chi connectivity index (χ3v) is 8.18. The molecule has 0 saturated carbocycles. The lowest BCUT2D eigenvalue weighted by atomic mass is 10.0. The number of rotatable bonds is 11. The van der Waals surface area contributed by atoms with Gasteiger partial charge in [-0.15, -0.1) is 11.8 Å². The van der Waals surface area contributed by atoms with Crippen LogP contribution in [-0.2, 0) is 11.3 Å². The number of anilines is 1. The van der Waals surface area contributed by atoms with Crippen LogP contribution in [0.15, 0.2) is 53.9 Å². The monoisotopic (exact) mass is 678 g/mol. The summed E-state index contributed by atoms with van der Waals surface area (Å²) in [5.41, 5.74) is 0.940. The zero-order chi connectivity index (χ0) is 34.3. The number of carbonyl (C=O) groups is 2. The van der Waals surface area contributed by atoms with Crippen molar-refractivity contribution in [2.24, 2.45) is 0 Å². The van der Waals surface area contributed by atoms with Crippen molar-refractivity contribution in [3.63, 3.8) is 0 Å². The Labute approximate surface area is 274 Å². The van der Waals surface area contributed by atoms with Gasteiger partial charge in [0.2, 0.25) is 5.91 Å². The van der Waals surface area contributed by atoms with Gasteiger partial charge >= 0.3 is 6.61 Å². The molecule has 47 heavy (non-hydrogen) atoms. The van der Waals surface area contributed by atoms with Gasteiger partial charge in [-0.05, 0) is 50.4 Å². The molecule has 4 aromatic rings. The minimum atomic E-state index is -3.11. The number of piperidine rings is 1. The van der Waals surface area contributed by atoms with Gasteiger partial charge in [0.15, 0.2) is 5.65 Å². The molecule has 1 N–H and O–H groups in total. The second kappa shape index (κ2) is 15.6. The van der Waals surface area contributed by atoms with Crippen molar-refractivity contribution in [2.45, 2.75) is 63.6 Å². The topological polar surface area (TPSA) is 110 Å². The summed E-state index contributed by atoms with van der Waals surface area (Å²) in [4.78, 5) is 34.9. The average Bonchev–Trinajstić information content (AvgIpc) is 3.65. The van der Waals surface area contributed by atoms with E-state index in [1.54, 1.807) is 41.2 Å². The number of ether oxygens (including phenoxy) is 1. The minimum absolute atomic E-state index is 0.0793. The highest BCUT2D eigenvalue weighted by atomic mass is 32.2. The number of fused-ring (bicyclic) bond motifs is 1. The lowest BCUT2D eigenvalue weighted by Crippen LogP contribution is -2.48. The number of benzene rings is 1. The van der Waals surface area contributed by atoms with Gasteiger partial charge in [-0.3, -0.25) is 19.2 Å². The molecule has 0 atom stereocenters. The lowest BCUT2D eigenvalue weighted by molar-refractivity contribution is -0.133. The third-order valence-electron chi connectivity index (χ3n) is 7.46. The fraction of sp³-hybridized carbons (Fsp3) is 0.452. The summed E-state index contributed by atoms with van der Waals surface area (Å²) >= 11 is 1.38. The summed E-state index contributed by atoms with van der Waals surface area (Å²) in [5.74, 6) is -3.81. The molecule has 16 heteroatoms. The van der Waals surface area contributed by atoms with Gasteiger partial charge in [0.05, 0.1) is 18.4 Å². The highest BCUT2D eigenvalue weighted by molar-refractivity contribution is 7.98. The van der Waals surface area contributed by atoms with Crippen molar-refractivity contribution in [1.82, 2.24) is 34.2 Å². The summed E-state index contributed by atoms with van der Waals surface area (Å²) < 4.78 is 61.2. The molecule has 5 rings (SSSR count). The first-order valence-electron chi connectivity index (χ1n) is 15.1. The number of nitrogens with one attached hydrogen (secondary N) is 1. The largest absolute Gasteiger partial charge is 0.434 e. The van der Waals surface area contributed by atoms with Gasteiger partial charge in [0.25, 0.3) is 11.8 Å². The molecule has 0 aliphatic carbocycles. The Hall–Kier alpha value is -4.18. The predicted octanol–water partition coefficient (Wildman–Crippen LogP) is 5.77. The fourth-order valence-corrected chi connectivity index (χ4v) is 5.79. The summed E-state index contributed by atoms with van der Waals surface area (Å²) in [5, 5.41) is 11.4. The van der Waals surface area contributed by atoms with Crippen LogP contribution in [0.5, 0.6) is 5.75 Å². The van der Waals surface area contributed by atoms with Crippen molar-refractivity contribution >= 4 is 34.9 Å². The molecule has 254 valence electrons. The van der Waals surface area contributed by atoms with Gasteiger partial charge in [0.1, 0.15) is 23.6 Å². The molecular formula is C31H38F4N8O3S. The van der Waals surface area contributed by atoms with E-state index in [2.05, 4.69) is 20.5 Å². The fourth-order valence-electron chi connectivity index (χ4n) is 5.35. The van der Waals surface area contributed by atoms with Gasteiger partial charge in [-0.1, -0.05) is 13.8 Å². The first-order chi connectivity index (χ1) is 22.4. The smallest absolute Gasteiger partial charge is 0.387 e. The Morgan fingerprint density at radius 1 is 1.21 bits per heavy atom. The minimum Gasteiger partial charge on any atom is -0.434 e. The van der Waals surface area contributed by atoms with Crippen LogP contribution in [0.2, 0.25) is 0 Å². The van der Waals surface area contributed by atoms with Crippen LogP contribution in [0, 0.1) is 0 Å². The van der Waals surface area contributed by atoms with Crippen LogP contribution < -0.4 is 10.1 Å². The number of alkyl halides is 4. The van der Waals surface area contributed by atoms with Crippen LogP contribution in [0.1, 0.15) is 44.0 Å². The van der Waals surface area contributed by atoms with E-state index in [4.69, 9.17) is 4.74 Å². The maximum absolute atomic E-state index is 13.5. The number of carbonyl (C=O) groups excluding carboxylic acids is 2. The van der Waals surface area contributed by atoms with E-state index in [1.165, 1.54) is 45.6 Å². The molecule has 2 amide bonds. The molecule has 3 aromatic heterocycles. The van der Waals surface area contributed by atoms with Crippen molar-refractivity contribution < 1.29 is 31.9 Å². The molecule has 0 radical (unpaired) electrons. The van der Waals surface area contributed by atoms with E-state index in [1.807, 2.05) is 20.1 Å².